The van der Waals surface area contributed by atoms with Crippen LogP contribution in [0, 0.1) is 0 Å². The Bertz CT molecular complexity index is 503. The number of carbonyl (C=O) groups excluding carboxylic acids is 2. The molecular formula is C17H24N2O2. The number of hydrogen-bond acceptors (Lipinski definition) is 2. The van der Waals surface area contributed by atoms with Crippen molar-refractivity contribution in [1.82, 2.24) is 10.2 Å². The average molecular weight is 288 g/mol. The van der Waals surface area contributed by atoms with Gasteiger partial charge < -0.3 is 10.2 Å². The lowest BCUT2D eigenvalue weighted by molar-refractivity contribution is 0.0761. The molecule has 21 heavy (non-hydrogen) atoms. The second-order valence-electron chi connectivity index (χ2n) is 5.92. The van der Waals surface area contributed by atoms with Gasteiger partial charge in [-0.1, -0.05) is 18.9 Å². The maximum absolute atomic E-state index is 12.5. The SMILES string of the molecule is CC(C)NC(=O)c1cccc(C(=O)N2CCCCCC2)c1. The summed E-state index contributed by atoms with van der Waals surface area (Å²) in [6.45, 7) is 5.48. The Kier molecular flexibility index (Phi) is 5.37. The normalized spacial score (nSPS) is 15.7. The maximum Gasteiger partial charge on any atom is 0.253 e. The van der Waals surface area contributed by atoms with E-state index in [2.05, 4.69) is 5.32 Å². The number of nitrogens with one attached hydrogen (secondary N) is 1. The van der Waals surface area contributed by atoms with Gasteiger partial charge in [-0.25, -0.2) is 0 Å². The molecule has 4 heteroatoms. The number of likely N-dealkylation sites (tertiary alicyclic amines) is 1. The summed E-state index contributed by atoms with van der Waals surface area (Å²) < 4.78 is 0. The molecule has 0 aromatic heterocycles. The van der Waals surface area contributed by atoms with Gasteiger partial charge in [0.1, 0.15) is 0 Å². The molecule has 1 fully saturated rings. The summed E-state index contributed by atoms with van der Waals surface area (Å²) in [5, 5.41) is 2.85. The first-order valence-corrected chi connectivity index (χ1v) is 7.78. The molecule has 0 bridgehead atoms. The van der Waals surface area contributed by atoms with Gasteiger partial charge in [-0.2, -0.15) is 0 Å². The smallest absolute Gasteiger partial charge is 0.253 e. The van der Waals surface area contributed by atoms with Crippen molar-refractivity contribution in [3.63, 3.8) is 0 Å². The number of nitrogens with zero attached hydrogens (tertiary/aromatic N) is 1. The minimum atomic E-state index is -0.129. The quantitative estimate of drug-likeness (QED) is 0.929. The van der Waals surface area contributed by atoms with Crippen LogP contribution in [0.25, 0.3) is 0 Å². The van der Waals surface area contributed by atoms with Crippen LogP contribution in [0.3, 0.4) is 0 Å². The molecule has 1 N–H and O–H groups in total. The molecule has 114 valence electrons. The van der Waals surface area contributed by atoms with Crippen molar-refractivity contribution >= 4 is 11.8 Å². The molecule has 4 nitrogen and oxygen atoms in total. The highest BCUT2D eigenvalue weighted by Gasteiger charge is 2.18. The van der Waals surface area contributed by atoms with Gasteiger partial charge in [0, 0.05) is 30.3 Å². The van der Waals surface area contributed by atoms with Gasteiger partial charge in [-0.3, -0.25) is 9.59 Å². The van der Waals surface area contributed by atoms with E-state index in [9.17, 15) is 9.59 Å². The molecule has 1 saturated heterocycles. The number of hydrogen-bond donors (Lipinski definition) is 1. The minimum absolute atomic E-state index is 0.0381. The Morgan fingerprint density at radius 3 is 2.29 bits per heavy atom. The molecule has 1 aliphatic rings. The molecule has 1 aromatic rings. The summed E-state index contributed by atoms with van der Waals surface area (Å²) in [4.78, 5) is 26.5. The van der Waals surface area contributed by atoms with Crippen molar-refractivity contribution in [2.45, 2.75) is 45.6 Å². The molecule has 1 aliphatic heterocycles. The van der Waals surface area contributed by atoms with Crippen molar-refractivity contribution in [1.29, 1.82) is 0 Å². The maximum atomic E-state index is 12.5. The van der Waals surface area contributed by atoms with E-state index in [1.165, 1.54) is 12.8 Å². The lowest BCUT2D eigenvalue weighted by atomic mass is 10.1. The molecule has 0 radical (unpaired) electrons. The Hall–Kier alpha value is -1.84. The molecule has 0 unspecified atom stereocenters. The van der Waals surface area contributed by atoms with Crippen LogP contribution in [0.5, 0.6) is 0 Å². The fraction of sp³-hybridized carbons (Fsp3) is 0.529. The standard InChI is InChI=1S/C17H24N2O2/c1-13(2)18-16(20)14-8-7-9-15(12-14)17(21)19-10-5-3-4-6-11-19/h7-9,12-13H,3-6,10-11H2,1-2H3,(H,18,20). The van der Waals surface area contributed by atoms with Crippen molar-refractivity contribution in [2.24, 2.45) is 0 Å². The molecule has 0 saturated carbocycles. The molecule has 0 atom stereocenters. The molecule has 0 spiro atoms. The predicted molar refractivity (Wildman–Crippen MR) is 83.4 cm³/mol. The van der Waals surface area contributed by atoms with Crippen LogP contribution in [-0.4, -0.2) is 35.8 Å². The second kappa shape index (κ2) is 7.25. The predicted octanol–water partition coefficient (Wildman–Crippen LogP) is 2.84. The molecule has 2 amide bonds. The summed E-state index contributed by atoms with van der Waals surface area (Å²) in [5.74, 6) is -0.0911. The first-order valence-electron chi connectivity index (χ1n) is 7.78. The number of amides is 2. The van der Waals surface area contributed by atoms with E-state index in [0.717, 1.165) is 25.9 Å². The van der Waals surface area contributed by atoms with E-state index in [-0.39, 0.29) is 17.9 Å². The number of carbonyl (C=O) groups is 2. The van der Waals surface area contributed by atoms with E-state index in [1.54, 1.807) is 24.3 Å². The first-order chi connectivity index (χ1) is 10.1. The highest BCUT2D eigenvalue weighted by atomic mass is 16.2. The van der Waals surface area contributed by atoms with Gasteiger partial charge in [0.25, 0.3) is 11.8 Å². The zero-order valence-electron chi connectivity index (χ0n) is 12.9. The summed E-state index contributed by atoms with van der Waals surface area (Å²) in [6, 6.07) is 7.10. The van der Waals surface area contributed by atoms with Crippen LogP contribution in [0.2, 0.25) is 0 Å². The lowest BCUT2D eigenvalue weighted by Gasteiger charge is -2.20. The summed E-state index contributed by atoms with van der Waals surface area (Å²) in [5.41, 5.74) is 1.15. The van der Waals surface area contributed by atoms with Crippen LogP contribution in [0.4, 0.5) is 0 Å². The molecular weight excluding hydrogens is 264 g/mol. The first kappa shape index (κ1) is 15.5. The highest BCUT2D eigenvalue weighted by molar-refractivity contribution is 5.99. The third kappa shape index (κ3) is 4.31. The zero-order chi connectivity index (χ0) is 15.2. The van der Waals surface area contributed by atoms with E-state index in [4.69, 9.17) is 0 Å². The number of benzene rings is 1. The van der Waals surface area contributed by atoms with Crippen LogP contribution in [0.1, 0.15) is 60.2 Å². The largest absolute Gasteiger partial charge is 0.350 e. The number of rotatable bonds is 3. The van der Waals surface area contributed by atoms with Crippen molar-refractivity contribution in [2.75, 3.05) is 13.1 Å². The van der Waals surface area contributed by atoms with Gasteiger partial charge in [0.05, 0.1) is 0 Å². The van der Waals surface area contributed by atoms with Gasteiger partial charge in [0.2, 0.25) is 0 Å². The summed E-state index contributed by atoms with van der Waals surface area (Å²) in [6.07, 6.45) is 4.53. The van der Waals surface area contributed by atoms with Crippen molar-refractivity contribution in [3.05, 3.63) is 35.4 Å². The Morgan fingerprint density at radius 1 is 1.05 bits per heavy atom. The van der Waals surface area contributed by atoms with Gasteiger partial charge in [0.15, 0.2) is 0 Å². The second-order valence-corrected chi connectivity index (χ2v) is 5.92. The molecule has 2 rings (SSSR count). The third-order valence-electron chi connectivity index (χ3n) is 3.68. The van der Waals surface area contributed by atoms with E-state index >= 15 is 0 Å². The van der Waals surface area contributed by atoms with E-state index in [1.807, 2.05) is 18.7 Å². The Balaban J connectivity index is 2.12. The van der Waals surface area contributed by atoms with Crippen molar-refractivity contribution < 1.29 is 9.59 Å². The van der Waals surface area contributed by atoms with Gasteiger partial charge >= 0.3 is 0 Å². The van der Waals surface area contributed by atoms with E-state index in [0.29, 0.717) is 11.1 Å². The van der Waals surface area contributed by atoms with Crippen LogP contribution < -0.4 is 5.32 Å². The van der Waals surface area contributed by atoms with Crippen LogP contribution >= 0.6 is 0 Å². The highest BCUT2D eigenvalue weighted by Crippen LogP contribution is 2.14. The van der Waals surface area contributed by atoms with Crippen LogP contribution in [-0.2, 0) is 0 Å². The zero-order valence-corrected chi connectivity index (χ0v) is 12.9. The Labute approximate surface area is 126 Å². The minimum Gasteiger partial charge on any atom is -0.350 e. The molecule has 1 aromatic carbocycles. The fourth-order valence-corrected chi connectivity index (χ4v) is 2.60. The molecule has 0 aliphatic carbocycles. The summed E-state index contributed by atoms with van der Waals surface area (Å²) >= 11 is 0. The monoisotopic (exact) mass is 288 g/mol. The van der Waals surface area contributed by atoms with Crippen LogP contribution in [0.15, 0.2) is 24.3 Å². The third-order valence-corrected chi connectivity index (χ3v) is 3.68. The molecule has 1 heterocycles. The fourth-order valence-electron chi connectivity index (χ4n) is 2.60. The topological polar surface area (TPSA) is 49.4 Å². The van der Waals surface area contributed by atoms with Gasteiger partial charge in [-0.15, -0.1) is 0 Å². The average Bonchev–Trinajstić information content (AvgIpc) is 2.75. The summed E-state index contributed by atoms with van der Waals surface area (Å²) in [7, 11) is 0. The van der Waals surface area contributed by atoms with Gasteiger partial charge in [-0.05, 0) is 44.9 Å². The lowest BCUT2D eigenvalue weighted by Crippen LogP contribution is -2.33. The Morgan fingerprint density at radius 2 is 1.67 bits per heavy atom. The van der Waals surface area contributed by atoms with E-state index < -0.39 is 0 Å². The van der Waals surface area contributed by atoms with Crippen molar-refractivity contribution in [3.8, 4) is 0 Å².